The maximum Gasteiger partial charge on any atom is 0.253 e. The van der Waals surface area contributed by atoms with Crippen molar-refractivity contribution in [2.75, 3.05) is 43.4 Å². The van der Waals surface area contributed by atoms with E-state index in [0.717, 1.165) is 0 Å². The highest BCUT2D eigenvalue weighted by Crippen LogP contribution is 2.15. The smallest absolute Gasteiger partial charge is 0.253 e. The number of hydrogen-bond acceptors (Lipinski definition) is 4. The summed E-state index contributed by atoms with van der Waals surface area (Å²) in [6.45, 7) is 10.3. The highest BCUT2D eigenvalue weighted by molar-refractivity contribution is 5.98. The van der Waals surface area contributed by atoms with E-state index in [1.165, 1.54) is 0 Å². The highest BCUT2D eigenvalue weighted by atomic mass is 16.2. The number of benzene rings is 2. The van der Waals surface area contributed by atoms with Crippen molar-refractivity contribution in [2.24, 2.45) is 0 Å². The van der Waals surface area contributed by atoms with Crippen molar-refractivity contribution in [2.45, 2.75) is 27.7 Å². The first-order chi connectivity index (χ1) is 14.9. The molecule has 7 heteroatoms. The van der Waals surface area contributed by atoms with Crippen LogP contribution in [-0.2, 0) is 4.79 Å². The molecule has 2 aromatic carbocycles. The Morgan fingerprint density at radius 3 is 1.65 bits per heavy atom. The van der Waals surface area contributed by atoms with Gasteiger partial charge in [0.15, 0.2) is 0 Å². The number of nitrogens with zero attached hydrogens (tertiary/aromatic N) is 2. The van der Waals surface area contributed by atoms with E-state index in [2.05, 4.69) is 10.6 Å². The fourth-order valence-corrected chi connectivity index (χ4v) is 3.27. The van der Waals surface area contributed by atoms with Gasteiger partial charge in [0.1, 0.15) is 0 Å². The van der Waals surface area contributed by atoms with Gasteiger partial charge in [-0.2, -0.15) is 0 Å². The molecule has 0 atom stereocenters. The summed E-state index contributed by atoms with van der Waals surface area (Å²) in [4.78, 5) is 40.9. The maximum atomic E-state index is 12.5. The van der Waals surface area contributed by atoms with Crippen LogP contribution in [0.2, 0.25) is 0 Å². The van der Waals surface area contributed by atoms with Gasteiger partial charge in [0.2, 0.25) is 5.91 Å². The third-order valence-corrected chi connectivity index (χ3v) is 5.06. The van der Waals surface area contributed by atoms with E-state index in [-0.39, 0.29) is 24.3 Å². The standard InChI is InChI=1S/C24H32N4O3/c1-5-27(6-2)23(30)18-11-9-13-20(15-18)25-17-22(29)26-21-14-10-12-19(16-21)24(31)28(7-3)8-4/h9-16,25H,5-8,17H2,1-4H3,(H,26,29). The van der Waals surface area contributed by atoms with Gasteiger partial charge in [-0.25, -0.2) is 0 Å². The van der Waals surface area contributed by atoms with Gasteiger partial charge in [-0.15, -0.1) is 0 Å². The molecule has 0 aliphatic carbocycles. The summed E-state index contributed by atoms with van der Waals surface area (Å²) in [6, 6.07) is 14.0. The molecule has 0 saturated heterocycles. The van der Waals surface area contributed by atoms with Crippen LogP contribution in [0.15, 0.2) is 48.5 Å². The zero-order valence-corrected chi connectivity index (χ0v) is 18.8. The molecule has 0 aromatic heterocycles. The molecule has 3 amide bonds. The van der Waals surface area contributed by atoms with Gasteiger partial charge in [0, 0.05) is 48.7 Å². The third-order valence-electron chi connectivity index (χ3n) is 5.06. The third kappa shape index (κ3) is 6.57. The zero-order valence-electron chi connectivity index (χ0n) is 18.8. The Balaban J connectivity index is 1.99. The molecule has 0 heterocycles. The van der Waals surface area contributed by atoms with Crippen molar-refractivity contribution in [3.63, 3.8) is 0 Å². The van der Waals surface area contributed by atoms with Crippen molar-refractivity contribution in [3.8, 4) is 0 Å². The second-order valence-electron chi connectivity index (χ2n) is 7.02. The minimum atomic E-state index is -0.243. The Bertz CT molecular complexity index is 905. The van der Waals surface area contributed by atoms with Gasteiger partial charge in [-0.05, 0) is 64.1 Å². The fraction of sp³-hybridized carbons (Fsp3) is 0.375. The van der Waals surface area contributed by atoms with E-state index < -0.39 is 0 Å². The Labute approximate surface area is 184 Å². The van der Waals surface area contributed by atoms with Crippen LogP contribution in [0.3, 0.4) is 0 Å². The van der Waals surface area contributed by atoms with Crippen molar-refractivity contribution in [1.82, 2.24) is 9.80 Å². The molecule has 2 aromatic rings. The van der Waals surface area contributed by atoms with Gasteiger partial charge in [0.05, 0.1) is 6.54 Å². The molecule has 0 saturated carbocycles. The molecule has 0 fully saturated rings. The van der Waals surface area contributed by atoms with Crippen LogP contribution < -0.4 is 10.6 Å². The first-order valence-electron chi connectivity index (χ1n) is 10.8. The van der Waals surface area contributed by atoms with Crippen molar-refractivity contribution < 1.29 is 14.4 Å². The molecular formula is C24H32N4O3. The first-order valence-corrected chi connectivity index (χ1v) is 10.8. The predicted octanol–water partition coefficient (Wildman–Crippen LogP) is 3.70. The van der Waals surface area contributed by atoms with Crippen LogP contribution in [0, 0.1) is 0 Å². The first kappa shape index (κ1) is 23.9. The molecular weight excluding hydrogens is 392 g/mol. The molecule has 31 heavy (non-hydrogen) atoms. The van der Waals surface area contributed by atoms with E-state index in [4.69, 9.17) is 0 Å². The molecule has 0 bridgehead atoms. The molecule has 7 nitrogen and oxygen atoms in total. The second kappa shape index (κ2) is 11.7. The number of hydrogen-bond donors (Lipinski definition) is 2. The maximum absolute atomic E-state index is 12.5. The summed E-state index contributed by atoms with van der Waals surface area (Å²) >= 11 is 0. The lowest BCUT2D eigenvalue weighted by molar-refractivity contribution is -0.114. The monoisotopic (exact) mass is 424 g/mol. The molecule has 0 radical (unpaired) electrons. The summed E-state index contributed by atoms with van der Waals surface area (Å²) in [5.41, 5.74) is 2.38. The number of carbonyl (C=O) groups excluding carboxylic acids is 3. The number of carbonyl (C=O) groups is 3. The SMILES string of the molecule is CCN(CC)C(=O)c1cccc(NCC(=O)Nc2cccc(C(=O)N(CC)CC)c2)c1. The van der Waals surface area contributed by atoms with Crippen LogP contribution in [0.25, 0.3) is 0 Å². The van der Waals surface area contributed by atoms with Crippen molar-refractivity contribution in [1.29, 1.82) is 0 Å². The van der Waals surface area contributed by atoms with E-state index in [0.29, 0.717) is 48.7 Å². The van der Waals surface area contributed by atoms with Crippen LogP contribution in [-0.4, -0.2) is 60.2 Å². The summed E-state index contributed by atoms with van der Waals surface area (Å²) in [6.07, 6.45) is 0. The fourth-order valence-electron chi connectivity index (χ4n) is 3.27. The van der Waals surface area contributed by atoms with E-state index in [1.54, 1.807) is 52.3 Å². The quantitative estimate of drug-likeness (QED) is 0.609. The van der Waals surface area contributed by atoms with E-state index >= 15 is 0 Å². The summed E-state index contributed by atoms with van der Waals surface area (Å²) < 4.78 is 0. The van der Waals surface area contributed by atoms with Gasteiger partial charge < -0.3 is 20.4 Å². The zero-order chi connectivity index (χ0) is 22.8. The number of amides is 3. The van der Waals surface area contributed by atoms with Crippen molar-refractivity contribution in [3.05, 3.63) is 59.7 Å². The minimum absolute atomic E-state index is 0.0345. The molecule has 166 valence electrons. The summed E-state index contributed by atoms with van der Waals surface area (Å²) in [5, 5.41) is 5.86. The second-order valence-corrected chi connectivity index (χ2v) is 7.02. The van der Waals surface area contributed by atoms with Gasteiger partial charge in [-0.1, -0.05) is 12.1 Å². The lowest BCUT2D eigenvalue weighted by atomic mass is 10.1. The van der Waals surface area contributed by atoms with Crippen molar-refractivity contribution >= 4 is 29.1 Å². The Morgan fingerprint density at radius 2 is 1.16 bits per heavy atom. The van der Waals surface area contributed by atoms with E-state index in [9.17, 15) is 14.4 Å². The average Bonchev–Trinajstić information content (AvgIpc) is 2.79. The number of nitrogens with one attached hydrogen (secondary N) is 2. The topological polar surface area (TPSA) is 81.8 Å². The Hall–Kier alpha value is -3.35. The van der Waals surface area contributed by atoms with Gasteiger partial charge in [0.25, 0.3) is 11.8 Å². The molecule has 0 unspecified atom stereocenters. The molecule has 0 spiro atoms. The molecule has 2 rings (SSSR count). The van der Waals surface area contributed by atoms with Gasteiger partial charge in [-0.3, -0.25) is 14.4 Å². The van der Waals surface area contributed by atoms with Gasteiger partial charge >= 0.3 is 0 Å². The minimum Gasteiger partial charge on any atom is -0.376 e. The lowest BCUT2D eigenvalue weighted by Crippen LogP contribution is -2.30. The van der Waals surface area contributed by atoms with Crippen LogP contribution >= 0.6 is 0 Å². The van der Waals surface area contributed by atoms with E-state index in [1.807, 2.05) is 33.8 Å². The van der Waals surface area contributed by atoms with Crippen LogP contribution in [0.5, 0.6) is 0 Å². The Morgan fingerprint density at radius 1 is 0.710 bits per heavy atom. The average molecular weight is 425 g/mol. The predicted molar refractivity (Wildman–Crippen MR) is 125 cm³/mol. The van der Waals surface area contributed by atoms with Crippen LogP contribution in [0.1, 0.15) is 48.4 Å². The molecule has 0 aliphatic rings. The summed E-state index contributed by atoms with van der Waals surface area (Å²) in [5.74, 6) is -0.338. The normalized spacial score (nSPS) is 10.3. The number of anilines is 2. The summed E-state index contributed by atoms with van der Waals surface area (Å²) in [7, 11) is 0. The number of rotatable bonds is 10. The molecule has 2 N–H and O–H groups in total. The van der Waals surface area contributed by atoms with Crippen LogP contribution in [0.4, 0.5) is 11.4 Å². The lowest BCUT2D eigenvalue weighted by Gasteiger charge is -2.19. The highest BCUT2D eigenvalue weighted by Gasteiger charge is 2.14. The largest absolute Gasteiger partial charge is 0.376 e. The molecule has 0 aliphatic heterocycles. The Kier molecular flexibility index (Phi) is 9.06.